The molecule has 0 aliphatic carbocycles. The number of carbonyl (C=O) groups excluding carboxylic acids is 1. The maximum Gasteiger partial charge on any atom is 0.287 e. The first kappa shape index (κ1) is 15.5. The van der Waals surface area contributed by atoms with Gasteiger partial charge in [0.15, 0.2) is 5.76 Å². The van der Waals surface area contributed by atoms with Gasteiger partial charge in [-0.05, 0) is 25.1 Å². The third-order valence-corrected chi connectivity index (χ3v) is 2.66. The minimum absolute atomic E-state index is 0. The van der Waals surface area contributed by atoms with E-state index in [0.29, 0.717) is 12.3 Å². The van der Waals surface area contributed by atoms with Crippen LogP contribution in [0.1, 0.15) is 23.9 Å². The van der Waals surface area contributed by atoms with Crippen molar-refractivity contribution in [3.8, 4) is 0 Å². The Morgan fingerprint density at radius 3 is 2.74 bits per heavy atom. The van der Waals surface area contributed by atoms with Crippen molar-refractivity contribution in [3.05, 3.63) is 36.1 Å². The summed E-state index contributed by atoms with van der Waals surface area (Å²) >= 11 is 0. The van der Waals surface area contributed by atoms with E-state index in [0.717, 1.165) is 30.5 Å². The zero-order chi connectivity index (χ0) is 12.8. The lowest BCUT2D eigenvalue weighted by atomic mass is 10.2. The normalized spacial score (nSPS) is 10.2. The Bertz CT molecular complexity index is 492. The summed E-state index contributed by atoms with van der Waals surface area (Å²) in [5.74, 6) is 0.205. The third kappa shape index (κ3) is 4.26. The highest BCUT2D eigenvalue weighted by Gasteiger charge is 2.10. The van der Waals surface area contributed by atoms with E-state index in [2.05, 4.69) is 17.6 Å². The molecule has 1 aromatic heterocycles. The van der Waals surface area contributed by atoms with Crippen LogP contribution < -0.4 is 10.6 Å². The maximum absolute atomic E-state index is 11.8. The van der Waals surface area contributed by atoms with Gasteiger partial charge >= 0.3 is 0 Å². The molecule has 0 aliphatic heterocycles. The van der Waals surface area contributed by atoms with Crippen molar-refractivity contribution < 1.29 is 9.21 Å². The standard InChI is InChI=1S/C14H18N2O2.ClH/c1-2-7-15-8-9-16-14(17)13-10-11-5-3-4-6-12(11)18-13;/h3-6,10,15H,2,7-9H2,1H3,(H,16,17);1H. The number of fused-ring (bicyclic) bond motifs is 1. The van der Waals surface area contributed by atoms with Crippen LogP contribution in [0.15, 0.2) is 34.7 Å². The molecule has 2 N–H and O–H groups in total. The quantitative estimate of drug-likeness (QED) is 0.801. The first-order valence-electron chi connectivity index (χ1n) is 6.28. The summed E-state index contributed by atoms with van der Waals surface area (Å²) in [6.07, 6.45) is 1.09. The van der Waals surface area contributed by atoms with E-state index in [9.17, 15) is 4.79 Å². The van der Waals surface area contributed by atoms with Crippen molar-refractivity contribution in [2.24, 2.45) is 0 Å². The first-order valence-corrected chi connectivity index (χ1v) is 6.28. The van der Waals surface area contributed by atoms with E-state index in [4.69, 9.17) is 4.42 Å². The second-order valence-electron chi connectivity index (χ2n) is 4.15. The Hall–Kier alpha value is -1.52. The molecule has 0 bridgehead atoms. The average Bonchev–Trinajstić information content (AvgIpc) is 2.82. The molecule has 0 spiro atoms. The van der Waals surface area contributed by atoms with Crippen LogP contribution in [0.25, 0.3) is 11.0 Å². The van der Waals surface area contributed by atoms with Gasteiger partial charge in [0.25, 0.3) is 5.91 Å². The molecule has 2 aromatic rings. The number of halogens is 1. The lowest BCUT2D eigenvalue weighted by Crippen LogP contribution is -2.31. The summed E-state index contributed by atoms with van der Waals surface area (Å²) in [5.41, 5.74) is 0.742. The van der Waals surface area contributed by atoms with E-state index in [1.165, 1.54) is 0 Å². The van der Waals surface area contributed by atoms with Crippen LogP contribution in [0, 0.1) is 0 Å². The van der Waals surface area contributed by atoms with Crippen molar-refractivity contribution in [2.45, 2.75) is 13.3 Å². The predicted octanol–water partition coefficient (Wildman–Crippen LogP) is 2.58. The van der Waals surface area contributed by atoms with E-state index in [-0.39, 0.29) is 18.3 Å². The molecule has 0 atom stereocenters. The van der Waals surface area contributed by atoms with Crippen molar-refractivity contribution in [1.82, 2.24) is 10.6 Å². The molecular weight excluding hydrogens is 264 g/mol. The van der Waals surface area contributed by atoms with Gasteiger partial charge in [0.1, 0.15) is 5.58 Å². The van der Waals surface area contributed by atoms with Crippen LogP contribution in [0.2, 0.25) is 0 Å². The van der Waals surface area contributed by atoms with Gasteiger partial charge in [-0.1, -0.05) is 25.1 Å². The minimum Gasteiger partial charge on any atom is -0.451 e. The van der Waals surface area contributed by atoms with Crippen LogP contribution in [-0.2, 0) is 0 Å². The number of rotatable bonds is 6. The van der Waals surface area contributed by atoms with Gasteiger partial charge in [-0.15, -0.1) is 12.4 Å². The largest absolute Gasteiger partial charge is 0.451 e. The number of furan rings is 1. The summed E-state index contributed by atoms with van der Waals surface area (Å²) in [6, 6.07) is 9.37. The summed E-state index contributed by atoms with van der Waals surface area (Å²) in [7, 11) is 0. The number of para-hydroxylation sites is 1. The lowest BCUT2D eigenvalue weighted by molar-refractivity contribution is 0.0928. The topological polar surface area (TPSA) is 54.3 Å². The van der Waals surface area contributed by atoms with E-state index < -0.39 is 0 Å². The molecule has 1 aromatic carbocycles. The molecule has 0 radical (unpaired) electrons. The van der Waals surface area contributed by atoms with Crippen molar-refractivity contribution >= 4 is 29.3 Å². The highest BCUT2D eigenvalue weighted by molar-refractivity contribution is 5.96. The second-order valence-corrected chi connectivity index (χ2v) is 4.15. The summed E-state index contributed by atoms with van der Waals surface area (Å²) < 4.78 is 5.48. The number of carbonyl (C=O) groups is 1. The highest BCUT2D eigenvalue weighted by atomic mass is 35.5. The molecule has 5 heteroatoms. The fourth-order valence-corrected chi connectivity index (χ4v) is 1.75. The number of benzene rings is 1. The summed E-state index contributed by atoms with van der Waals surface area (Å²) in [4.78, 5) is 11.8. The third-order valence-electron chi connectivity index (χ3n) is 2.66. The van der Waals surface area contributed by atoms with Crippen LogP contribution >= 0.6 is 12.4 Å². The molecular formula is C14H19ClN2O2. The van der Waals surface area contributed by atoms with Gasteiger partial charge in [-0.3, -0.25) is 4.79 Å². The van der Waals surface area contributed by atoms with E-state index in [1.54, 1.807) is 6.07 Å². The molecule has 2 rings (SSSR count). The number of hydrogen-bond donors (Lipinski definition) is 2. The Labute approximate surface area is 119 Å². The maximum atomic E-state index is 11.8. The highest BCUT2D eigenvalue weighted by Crippen LogP contribution is 2.18. The lowest BCUT2D eigenvalue weighted by Gasteiger charge is -2.03. The van der Waals surface area contributed by atoms with Gasteiger partial charge in [-0.25, -0.2) is 0 Å². The van der Waals surface area contributed by atoms with Crippen molar-refractivity contribution in [1.29, 1.82) is 0 Å². The fraction of sp³-hybridized carbons (Fsp3) is 0.357. The van der Waals surface area contributed by atoms with Crippen molar-refractivity contribution in [3.63, 3.8) is 0 Å². The molecule has 104 valence electrons. The van der Waals surface area contributed by atoms with Gasteiger partial charge in [-0.2, -0.15) is 0 Å². The Morgan fingerprint density at radius 2 is 2.00 bits per heavy atom. The Kier molecular flexibility index (Phi) is 6.39. The molecule has 0 unspecified atom stereocenters. The summed E-state index contributed by atoms with van der Waals surface area (Å²) in [6.45, 7) is 4.47. The Balaban J connectivity index is 0.00000180. The van der Waals surface area contributed by atoms with Gasteiger partial charge in [0.05, 0.1) is 0 Å². The van der Waals surface area contributed by atoms with Crippen LogP contribution in [0.4, 0.5) is 0 Å². The van der Waals surface area contributed by atoms with E-state index in [1.807, 2.05) is 24.3 Å². The molecule has 1 heterocycles. The average molecular weight is 283 g/mol. The van der Waals surface area contributed by atoms with E-state index >= 15 is 0 Å². The Morgan fingerprint density at radius 1 is 1.21 bits per heavy atom. The predicted molar refractivity (Wildman–Crippen MR) is 79.0 cm³/mol. The van der Waals surface area contributed by atoms with Crippen molar-refractivity contribution in [2.75, 3.05) is 19.6 Å². The number of amides is 1. The minimum atomic E-state index is -0.163. The molecule has 0 saturated carbocycles. The zero-order valence-electron chi connectivity index (χ0n) is 10.9. The van der Waals surface area contributed by atoms with Gasteiger partial charge in [0.2, 0.25) is 0 Å². The smallest absolute Gasteiger partial charge is 0.287 e. The molecule has 19 heavy (non-hydrogen) atoms. The fourth-order valence-electron chi connectivity index (χ4n) is 1.75. The molecule has 4 nitrogen and oxygen atoms in total. The SMILES string of the molecule is CCCNCCNC(=O)c1cc2ccccc2o1.Cl. The second kappa shape index (κ2) is 7.81. The number of nitrogens with one attached hydrogen (secondary N) is 2. The molecule has 0 fully saturated rings. The van der Waals surface area contributed by atoms with Crippen LogP contribution in [-0.4, -0.2) is 25.5 Å². The molecule has 1 amide bonds. The van der Waals surface area contributed by atoms with Crippen LogP contribution in [0.3, 0.4) is 0 Å². The first-order chi connectivity index (χ1) is 8.81. The zero-order valence-corrected chi connectivity index (χ0v) is 11.8. The summed E-state index contributed by atoms with van der Waals surface area (Å²) in [5, 5.41) is 7.00. The molecule has 0 aliphatic rings. The van der Waals surface area contributed by atoms with Crippen LogP contribution in [0.5, 0.6) is 0 Å². The monoisotopic (exact) mass is 282 g/mol. The number of hydrogen-bond acceptors (Lipinski definition) is 3. The molecule has 0 saturated heterocycles. The van der Waals surface area contributed by atoms with Gasteiger partial charge in [0, 0.05) is 18.5 Å². The van der Waals surface area contributed by atoms with Gasteiger partial charge < -0.3 is 15.1 Å².